The normalized spacial score (nSPS) is 14.6. The van der Waals surface area contributed by atoms with Crippen LogP contribution in [0.3, 0.4) is 0 Å². The summed E-state index contributed by atoms with van der Waals surface area (Å²) in [5, 5.41) is 3.11. The monoisotopic (exact) mass is 323 g/mol. The molecule has 1 atom stereocenters. The third-order valence-electron chi connectivity index (χ3n) is 4.66. The molecule has 2 aromatic carbocycles. The van der Waals surface area contributed by atoms with Crippen LogP contribution in [0.4, 0.5) is 10.5 Å². The second-order valence-corrected chi connectivity index (χ2v) is 6.61. The number of nitrogens with one attached hydrogen (secondary N) is 1. The van der Waals surface area contributed by atoms with E-state index in [4.69, 9.17) is 0 Å². The molecule has 1 heterocycles. The van der Waals surface area contributed by atoms with Crippen molar-refractivity contribution in [1.29, 1.82) is 0 Å². The molecule has 126 valence electrons. The molecule has 2 aromatic rings. The lowest BCUT2D eigenvalue weighted by atomic mass is 10.0. The van der Waals surface area contributed by atoms with Crippen LogP contribution < -0.4 is 10.2 Å². The average Bonchev–Trinajstić information content (AvgIpc) is 3.00. The van der Waals surface area contributed by atoms with E-state index < -0.39 is 0 Å². The van der Waals surface area contributed by atoms with Crippen LogP contribution in [-0.2, 0) is 6.42 Å². The van der Waals surface area contributed by atoms with Gasteiger partial charge in [-0.2, -0.15) is 0 Å². The van der Waals surface area contributed by atoms with E-state index >= 15 is 0 Å². The van der Waals surface area contributed by atoms with Gasteiger partial charge in [-0.1, -0.05) is 48.0 Å². The summed E-state index contributed by atoms with van der Waals surface area (Å²) in [5.41, 5.74) is 4.74. The van der Waals surface area contributed by atoms with Crippen molar-refractivity contribution in [3.05, 3.63) is 65.2 Å². The number of aryl methyl sites for hydroxylation is 1. The highest BCUT2D eigenvalue weighted by Crippen LogP contribution is 2.27. The molecule has 0 fully saturated rings. The number of carbonyl (C=O) groups is 1. The minimum absolute atomic E-state index is 0.0149. The number of nitrogens with zero attached hydrogens (tertiary/aromatic N) is 2. The van der Waals surface area contributed by atoms with Crippen molar-refractivity contribution in [2.45, 2.75) is 19.4 Å². The molecule has 4 heteroatoms. The molecule has 1 aliphatic rings. The van der Waals surface area contributed by atoms with Gasteiger partial charge in [-0.15, -0.1) is 0 Å². The number of likely N-dealkylation sites (N-methyl/N-ethyl adjacent to an activating group) is 1. The van der Waals surface area contributed by atoms with Crippen molar-refractivity contribution >= 4 is 11.7 Å². The molecule has 0 spiro atoms. The maximum Gasteiger partial charge on any atom is 0.321 e. The molecular formula is C20H25N3O. The van der Waals surface area contributed by atoms with Gasteiger partial charge in [0, 0.05) is 18.8 Å². The Balaban J connectivity index is 1.67. The van der Waals surface area contributed by atoms with Crippen molar-refractivity contribution in [3.8, 4) is 0 Å². The lowest BCUT2D eigenvalue weighted by molar-refractivity contribution is 0.238. The highest BCUT2D eigenvalue weighted by molar-refractivity contribution is 5.94. The summed E-state index contributed by atoms with van der Waals surface area (Å²) in [5.74, 6) is 0. The van der Waals surface area contributed by atoms with Gasteiger partial charge >= 0.3 is 6.03 Å². The van der Waals surface area contributed by atoms with Gasteiger partial charge in [-0.25, -0.2) is 4.79 Å². The first-order valence-electron chi connectivity index (χ1n) is 8.42. The average molecular weight is 323 g/mol. The van der Waals surface area contributed by atoms with Crippen molar-refractivity contribution in [1.82, 2.24) is 10.2 Å². The van der Waals surface area contributed by atoms with Crippen molar-refractivity contribution in [2.24, 2.45) is 0 Å². The molecule has 0 saturated heterocycles. The lowest BCUT2D eigenvalue weighted by Gasteiger charge is -2.27. The number of benzene rings is 2. The van der Waals surface area contributed by atoms with E-state index in [0.29, 0.717) is 6.54 Å². The predicted molar refractivity (Wildman–Crippen MR) is 98.5 cm³/mol. The number of anilines is 1. The first-order chi connectivity index (χ1) is 11.6. The Kier molecular flexibility index (Phi) is 4.86. The number of carbonyl (C=O) groups excluding carboxylic acids is 1. The zero-order valence-electron chi connectivity index (χ0n) is 14.6. The molecule has 3 rings (SSSR count). The number of hydrogen-bond donors (Lipinski definition) is 1. The summed E-state index contributed by atoms with van der Waals surface area (Å²) in [7, 11) is 4.09. The van der Waals surface area contributed by atoms with Gasteiger partial charge < -0.3 is 10.2 Å². The van der Waals surface area contributed by atoms with E-state index in [-0.39, 0.29) is 12.1 Å². The van der Waals surface area contributed by atoms with Crippen LogP contribution in [0.25, 0.3) is 0 Å². The quantitative estimate of drug-likeness (QED) is 0.936. The third kappa shape index (κ3) is 3.44. The molecular weight excluding hydrogens is 298 g/mol. The highest BCUT2D eigenvalue weighted by atomic mass is 16.2. The summed E-state index contributed by atoms with van der Waals surface area (Å²) in [6.45, 7) is 3.43. The second-order valence-electron chi connectivity index (χ2n) is 6.61. The first-order valence-corrected chi connectivity index (χ1v) is 8.42. The largest absolute Gasteiger partial charge is 0.336 e. The van der Waals surface area contributed by atoms with Crippen LogP contribution in [0.15, 0.2) is 48.5 Å². The third-order valence-corrected chi connectivity index (χ3v) is 4.66. The van der Waals surface area contributed by atoms with Gasteiger partial charge in [0.15, 0.2) is 0 Å². The SMILES string of the molecule is Cc1ccc(C(CNC(=O)N2CCc3ccccc32)N(C)C)cc1. The zero-order chi connectivity index (χ0) is 17.1. The Bertz CT molecular complexity index is 709. The zero-order valence-corrected chi connectivity index (χ0v) is 14.6. The molecule has 0 aromatic heterocycles. The van der Waals surface area contributed by atoms with E-state index in [0.717, 1.165) is 18.7 Å². The fourth-order valence-corrected chi connectivity index (χ4v) is 3.22. The highest BCUT2D eigenvalue weighted by Gasteiger charge is 2.25. The van der Waals surface area contributed by atoms with Gasteiger partial charge in [0.05, 0.1) is 6.04 Å². The predicted octanol–water partition coefficient (Wildman–Crippen LogP) is 3.37. The summed E-state index contributed by atoms with van der Waals surface area (Å²) in [6, 6.07) is 16.8. The van der Waals surface area contributed by atoms with Crippen LogP contribution in [0, 0.1) is 6.92 Å². The molecule has 0 radical (unpaired) electrons. The Hall–Kier alpha value is -2.33. The van der Waals surface area contributed by atoms with Gasteiger partial charge in [0.1, 0.15) is 0 Å². The maximum absolute atomic E-state index is 12.6. The van der Waals surface area contributed by atoms with Crippen LogP contribution in [-0.4, -0.2) is 38.1 Å². The standard InChI is InChI=1S/C20H25N3O/c1-15-8-10-17(11-9-15)19(22(2)3)14-21-20(24)23-13-12-16-6-4-5-7-18(16)23/h4-11,19H,12-14H2,1-3H3,(H,21,24). The first kappa shape index (κ1) is 16.5. The molecule has 0 saturated carbocycles. The fourth-order valence-electron chi connectivity index (χ4n) is 3.22. The molecule has 24 heavy (non-hydrogen) atoms. The van der Waals surface area contributed by atoms with Crippen molar-refractivity contribution < 1.29 is 4.79 Å². The molecule has 0 bridgehead atoms. The van der Waals surface area contributed by atoms with E-state index in [1.54, 1.807) is 0 Å². The Morgan fingerprint density at radius 3 is 2.58 bits per heavy atom. The Labute approximate surface area is 144 Å². The van der Waals surface area contributed by atoms with Gasteiger partial charge in [0.2, 0.25) is 0 Å². The van der Waals surface area contributed by atoms with E-state index in [9.17, 15) is 4.79 Å². The summed E-state index contributed by atoms with van der Waals surface area (Å²) in [6.07, 6.45) is 0.929. The van der Waals surface area contributed by atoms with Gasteiger partial charge in [-0.3, -0.25) is 4.90 Å². The van der Waals surface area contributed by atoms with E-state index in [2.05, 4.69) is 47.5 Å². The van der Waals surface area contributed by atoms with E-state index in [1.807, 2.05) is 37.2 Å². The fraction of sp³-hybridized carbons (Fsp3) is 0.350. The Morgan fingerprint density at radius 2 is 1.88 bits per heavy atom. The second kappa shape index (κ2) is 7.05. The van der Waals surface area contributed by atoms with E-state index in [1.165, 1.54) is 16.7 Å². The van der Waals surface area contributed by atoms with Crippen LogP contribution in [0.1, 0.15) is 22.7 Å². The minimum atomic E-state index is -0.0149. The number of fused-ring (bicyclic) bond motifs is 1. The molecule has 0 aliphatic carbocycles. The number of para-hydroxylation sites is 1. The van der Waals surface area contributed by atoms with Crippen molar-refractivity contribution in [3.63, 3.8) is 0 Å². The van der Waals surface area contributed by atoms with Crippen LogP contribution >= 0.6 is 0 Å². The topological polar surface area (TPSA) is 35.6 Å². The summed E-state index contributed by atoms with van der Waals surface area (Å²) in [4.78, 5) is 16.6. The molecule has 1 N–H and O–H groups in total. The number of rotatable bonds is 4. The number of urea groups is 1. The minimum Gasteiger partial charge on any atom is -0.336 e. The molecule has 4 nitrogen and oxygen atoms in total. The summed E-state index contributed by atoms with van der Waals surface area (Å²) >= 11 is 0. The molecule has 2 amide bonds. The summed E-state index contributed by atoms with van der Waals surface area (Å²) < 4.78 is 0. The Morgan fingerprint density at radius 1 is 1.17 bits per heavy atom. The lowest BCUT2D eigenvalue weighted by Crippen LogP contribution is -2.42. The van der Waals surface area contributed by atoms with Gasteiger partial charge in [0.25, 0.3) is 0 Å². The van der Waals surface area contributed by atoms with Gasteiger partial charge in [-0.05, 0) is 44.6 Å². The van der Waals surface area contributed by atoms with Crippen molar-refractivity contribution in [2.75, 3.05) is 32.1 Å². The number of hydrogen-bond acceptors (Lipinski definition) is 2. The van der Waals surface area contributed by atoms with Crippen LogP contribution in [0.5, 0.6) is 0 Å². The molecule has 1 aliphatic heterocycles. The smallest absolute Gasteiger partial charge is 0.321 e. The maximum atomic E-state index is 12.6. The number of amides is 2. The van der Waals surface area contributed by atoms with Crippen LogP contribution in [0.2, 0.25) is 0 Å². The molecule has 1 unspecified atom stereocenters.